The Kier molecular flexibility index (Phi) is 5.77. The van der Waals surface area contributed by atoms with Crippen LogP contribution in [0.5, 0.6) is 0 Å². The van der Waals surface area contributed by atoms with Crippen LogP contribution in [-0.4, -0.2) is 41.0 Å². The van der Waals surface area contributed by atoms with Crippen molar-refractivity contribution in [2.24, 2.45) is 5.92 Å². The maximum atomic E-state index is 12.8. The Morgan fingerprint density at radius 3 is 2.52 bits per heavy atom. The average Bonchev–Trinajstić information content (AvgIpc) is 2.50. The van der Waals surface area contributed by atoms with E-state index >= 15 is 0 Å². The lowest BCUT2D eigenvalue weighted by atomic mass is 9.88. The van der Waals surface area contributed by atoms with E-state index in [-0.39, 0.29) is 24.3 Å². The van der Waals surface area contributed by atoms with Crippen LogP contribution in [0.15, 0.2) is 18.2 Å². The molecule has 2 N–H and O–H groups in total. The number of piperidine rings is 1. The number of carboxylic acid groups (broad SMARTS) is 1. The third-order valence-corrected chi connectivity index (χ3v) is 4.72. The number of para-hydroxylation sites is 1. The Labute approximate surface area is 137 Å². The summed E-state index contributed by atoms with van der Waals surface area (Å²) in [6, 6.07) is 5.68. The predicted octanol–water partition coefficient (Wildman–Crippen LogP) is 2.82. The molecule has 2 rings (SSSR count). The highest BCUT2D eigenvalue weighted by molar-refractivity contribution is 5.96. The summed E-state index contributed by atoms with van der Waals surface area (Å²) in [5, 5.41) is 12.1. The normalized spacial score (nSPS) is 21.9. The molecule has 1 aromatic carbocycles. The van der Waals surface area contributed by atoms with Crippen LogP contribution in [0.3, 0.4) is 0 Å². The molecule has 0 spiro atoms. The van der Waals surface area contributed by atoms with Crippen molar-refractivity contribution in [3.8, 4) is 0 Å². The number of carboxylic acids is 1. The second-order valence-corrected chi connectivity index (χ2v) is 6.39. The number of aliphatic carboxylic acids is 1. The molecule has 0 saturated carbocycles. The Bertz CT molecular complexity index is 565. The number of nitrogens with one attached hydrogen (secondary N) is 1. The molecule has 0 aromatic heterocycles. The van der Waals surface area contributed by atoms with Gasteiger partial charge in [-0.25, -0.2) is 0 Å². The number of amides is 1. The molecule has 1 aliphatic heterocycles. The smallest absolute Gasteiger partial charge is 0.303 e. The number of hydrogen-bond acceptors (Lipinski definition) is 3. The zero-order chi connectivity index (χ0) is 17.0. The zero-order valence-corrected chi connectivity index (χ0v) is 14.1. The average molecular weight is 318 g/mol. The van der Waals surface area contributed by atoms with Crippen LogP contribution in [-0.2, 0) is 9.59 Å². The first-order chi connectivity index (χ1) is 10.9. The number of anilines is 1. The third-order valence-electron chi connectivity index (χ3n) is 4.72. The Morgan fingerprint density at radius 2 is 1.96 bits per heavy atom. The van der Waals surface area contributed by atoms with E-state index in [1.165, 1.54) is 0 Å². The zero-order valence-electron chi connectivity index (χ0n) is 14.1. The van der Waals surface area contributed by atoms with Gasteiger partial charge < -0.3 is 10.4 Å². The van der Waals surface area contributed by atoms with Gasteiger partial charge in [0.25, 0.3) is 0 Å². The summed E-state index contributed by atoms with van der Waals surface area (Å²) in [6.45, 7) is 7.57. The lowest BCUT2D eigenvalue weighted by Gasteiger charge is -2.37. The molecule has 5 nitrogen and oxygen atoms in total. The van der Waals surface area contributed by atoms with Gasteiger partial charge in [0.1, 0.15) is 0 Å². The van der Waals surface area contributed by atoms with E-state index in [0.29, 0.717) is 6.42 Å². The van der Waals surface area contributed by atoms with Gasteiger partial charge in [-0.15, -0.1) is 0 Å². The summed E-state index contributed by atoms with van der Waals surface area (Å²) in [7, 11) is 0. The number of hydrogen-bond donors (Lipinski definition) is 2. The lowest BCUT2D eigenvalue weighted by Crippen LogP contribution is -2.49. The Morgan fingerprint density at radius 1 is 1.30 bits per heavy atom. The topological polar surface area (TPSA) is 69.6 Å². The number of nitrogens with zero attached hydrogens (tertiary/aromatic N) is 1. The molecule has 0 radical (unpaired) electrons. The molecule has 1 aromatic rings. The number of benzene rings is 1. The molecule has 126 valence electrons. The van der Waals surface area contributed by atoms with Gasteiger partial charge in [-0.3, -0.25) is 14.5 Å². The van der Waals surface area contributed by atoms with Crippen molar-refractivity contribution >= 4 is 17.6 Å². The van der Waals surface area contributed by atoms with Gasteiger partial charge in [0.05, 0.1) is 6.04 Å². The number of likely N-dealkylation sites (tertiary alicyclic amines) is 1. The van der Waals surface area contributed by atoms with E-state index in [4.69, 9.17) is 5.11 Å². The SMILES string of the molecule is CCN1CCC(CC(=O)O)C[C@H]1C(=O)Nc1c(C)cccc1C. The molecular formula is C18H26N2O3. The van der Waals surface area contributed by atoms with Gasteiger partial charge in [-0.1, -0.05) is 25.1 Å². The molecule has 1 aliphatic rings. The van der Waals surface area contributed by atoms with Crippen LogP contribution in [0.1, 0.15) is 37.3 Å². The second-order valence-electron chi connectivity index (χ2n) is 6.39. The maximum Gasteiger partial charge on any atom is 0.303 e. The summed E-state index contributed by atoms with van der Waals surface area (Å²) >= 11 is 0. The lowest BCUT2D eigenvalue weighted by molar-refractivity contribution is -0.139. The van der Waals surface area contributed by atoms with E-state index < -0.39 is 5.97 Å². The van der Waals surface area contributed by atoms with Crippen LogP contribution in [0.4, 0.5) is 5.69 Å². The van der Waals surface area contributed by atoms with Crippen LogP contribution in [0.25, 0.3) is 0 Å². The van der Waals surface area contributed by atoms with Crippen molar-refractivity contribution in [1.82, 2.24) is 4.90 Å². The molecule has 0 bridgehead atoms. The predicted molar refractivity (Wildman–Crippen MR) is 90.6 cm³/mol. The first-order valence-electron chi connectivity index (χ1n) is 8.25. The molecule has 1 saturated heterocycles. The number of likely N-dealkylation sites (N-methyl/N-ethyl adjacent to an activating group) is 1. The van der Waals surface area contributed by atoms with E-state index in [1.54, 1.807) is 0 Å². The fraction of sp³-hybridized carbons (Fsp3) is 0.556. The number of rotatable bonds is 5. The molecule has 1 amide bonds. The molecule has 5 heteroatoms. The third kappa shape index (κ3) is 4.32. The largest absolute Gasteiger partial charge is 0.481 e. The van der Waals surface area contributed by atoms with Gasteiger partial charge in [0.2, 0.25) is 5.91 Å². The molecule has 1 unspecified atom stereocenters. The van der Waals surface area contributed by atoms with E-state index in [1.807, 2.05) is 39.0 Å². The highest BCUT2D eigenvalue weighted by atomic mass is 16.4. The fourth-order valence-corrected chi connectivity index (χ4v) is 3.39. The van der Waals surface area contributed by atoms with Crippen LogP contribution in [0, 0.1) is 19.8 Å². The Balaban J connectivity index is 2.12. The van der Waals surface area contributed by atoms with Gasteiger partial charge >= 0.3 is 5.97 Å². The molecule has 2 atom stereocenters. The van der Waals surface area contributed by atoms with Gasteiger partial charge in [0.15, 0.2) is 0 Å². The van der Waals surface area contributed by atoms with Gasteiger partial charge in [0, 0.05) is 12.1 Å². The minimum Gasteiger partial charge on any atom is -0.481 e. The quantitative estimate of drug-likeness (QED) is 0.876. The summed E-state index contributed by atoms with van der Waals surface area (Å²) in [5.41, 5.74) is 2.95. The molecule has 0 aliphatic carbocycles. The summed E-state index contributed by atoms with van der Waals surface area (Å²) in [5.74, 6) is -0.739. The number of aryl methyl sites for hydroxylation is 2. The Hall–Kier alpha value is -1.88. The molecule has 23 heavy (non-hydrogen) atoms. The summed E-state index contributed by atoms with van der Waals surface area (Å²) in [4.78, 5) is 25.9. The van der Waals surface area contributed by atoms with Crippen molar-refractivity contribution in [1.29, 1.82) is 0 Å². The highest BCUT2D eigenvalue weighted by Crippen LogP contribution is 2.27. The highest BCUT2D eigenvalue weighted by Gasteiger charge is 2.33. The first-order valence-corrected chi connectivity index (χ1v) is 8.25. The van der Waals surface area contributed by atoms with Gasteiger partial charge in [-0.2, -0.15) is 0 Å². The van der Waals surface area contributed by atoms with E-state index in [9.17, 15) is 9.59 Å². The van der Waals surface area contributed by atoms with Crippen LogP contribution in [0.2, 0.25) is 0 Å². The summed E-state index contributed by atoms with van der Waals surface area (Å²) in [6.07, 6.45) is 1.59. The fourth-order valence-electron chi connectivity index (χ4n) is 3.39. The van der Waals surface area contributed by atoms with E-state index in [0.717, 1.165) is 36.3 Å². The molecular weight excluding hydrogens is 292 g/mol. The number of carbonyl (C=O) groups excluding carboxylic acids is 1. The van der Waals surface area contributed by atoms with E-state index in [2.05, 4.69) is 10.2 Å². The maximum absolute atomic E-state index is 12.8. The van der Waals surface area contributed by atoms with Crippen molar-refractivity contribution in [3.05, 3.63) is 29.3 Å². The molecule has 1 heterocycles. The van der Waals surface area contributed by atoms with Crippen LogP contribution >= 0.6 is 0 Å². The molecule has 1 fully saturated rings. The second kappa shape index (κ2) is 7.59. The van der Waals surface area contributed by atoms with Gasteiger partial charge in [-0.05, 0) is 56.8 Å². The van der Waals surface area contributed by atoms with Crippen molar-refractivity contribution in [3.63, 3.8) is 0 Å². The van der Waals surface area contributed by atoms with Crippen LogP contribution < -0.4 is 5.32 Å². The monoisotopic (exact) mass is 318 g/mol. The van der Waals surface area contributed by atoms with Crippen molar-refractivity contribution in [2.75, 3.05) is 18.4 Å². The summed E-state index contributed by atoms with van der Waals surface area (Å²) < 4.78 is 0. The van der Waals surface area contributed by atoms with Crippen molar-refractivity contribution < 1.29 is 14.7 Å². The van der Waals surface area contributed by atoms with Crippen molar-refractivity contribution in [2.45, 2.75) is 46.1 Å². The minimum atomic E-state index is -0.783. The minimum absolute atomic E-state index is 0.0284. The first kappa shape index (κ1) is 17.5. The standard InChI is InChI=1S/C18H26N2O3/c1-4-20-9-8-14(11-16(21)22)10-15(20)18(23)19-17-12(2)6-5-7-13(17)3/h5-7,14-15H,4,8-11H2,1-3H3,(H,19,23)(H,21,22)/t14?,15-/m0/s1. The number of carbonyl (C=O) groups is 2.